The van der Waals surface area contributed by atoms with E-state index >= 15 is 0 Å². The van der Waals surface area contributed by atoms with Gasteiger partial charge < -0.3 is 15.0 Å². The molecule has 0 bridgehead atoms. The van der Waals surface area contributed by atoms with Gasteiger partial charge in [-0.3, -0.25) is 14.4 Å². The van der Waals surface area contributed by atoms with Crippen molar-refractivity contribution in [3.05, 3.63) is 80.0 Å². The summed E-state index contributed by atoms with van der Waals surface area (Å²) in [6.07, 6.45) is 0.0140. The van der Waals surface area contributed by atoms with Gasteiger partial charge in [-0.2, -0.15) is 9.78 Å². The van der Waals surface area contributed by atoms with Gasteiger partial charge in [0, 0.05) is 39.5 Å². The summed E-state index contributed by atoms with van der Waals surface area (Å²) >= 11 is 13.2. The standard InChI is InChI=1S/C26H20Cl2N4O5S/c1-2-37-26(36)22-19-13-38-24(21(19)25(35)32(30-22)18-5-3-4-16(28)11-18)29-23(34)14-10-20(33)31(12-14)17-8-6-15(27)7-9-17/h3-9,11,13-14H,2,10,12H2,1H3,(H,29,34). The molecule has 2 aromatic heterocycles. The van der Waals surface area contributed by atoms with Crippen molar-refractivity contribution < 1.29 is 19.1 Å². The number of fused-ring (bicyclic) bond motifs is 1. The highest BCUT2D eigenvalue weighted by Crippen LogP contribution is 2.33. The molecule has 2 amide bonds. The maximum absolute atomic E-state index is 13.6. The lowest BCUT2D eigenvalue weighted by atomic mass is 10.1. The lowest BCUT2D eigenvalue weighted by Crippen LogP contribution is -2.29. The molecule has 1 saturated heterocycles. The molecule has 1 unspecified atom stereocenters. The molecule has 1 atom stereocenters. The lowest BCUT2D eigenvalue weighted by Gasteiger charge is -2.16. The Morgan fingerprint density at radius 2 is 1.87 bits per heavy atom. The van der Waals surface area contributed by atoms with Crippen LogP contribution in [0.25, 0.3) is 16.5 Å². The molecule has 38 heavy (non-hydrogen) atoms. The van der Waals surface area contributed by atoms with Crippen LogP contribution in [0, 0.1) is 5.92 Å². The number of nitrogens with one attached hydrogen (secondary N) is 1. The smallest absolute Gasteiger partial charge is 0.359 e. The van der Waals surface area contributed by atoms with Gasteiger partial charge in [0.2, 0.25) is 11.8 Å². The second-order valence-electron chi connectivity index (χ2n) is 8.49. The van der Waals surface area contributed by atoms with E-state index in [1.165, 1.54) is 11.0 Å². The Labute approximate surface area is 230 Å². The van der Waals surface area contributed by atoms with E-state index < -0.39 is 23.4 Å². The number of hydrogen-bond acceptors (Lipinski definition) is 7. The zero-order valence-electron chi connectivity index (χ0n) is 19.9. The Bertz CT molecular complexity index is 1630. The molecule has 2 aromatic carbocycles. The number of nitrogens with zero attached hydrogens (tertiary/aromatic N) is 3. The average molecular weight is 571 g/mol. The minimum absolute atomic E-state index is 0.0140. The van der Waals surface area contributed by atoms with Crippen LogP contribution < -0.4 is 15.8 Å². The maximum atomic E-state index is 13.6. The number of esters is 1. The maximum Gasteiger partial charge on any atom is 0.359 e. The first-order valence-corrected chi connectivity index (χ1v) is 13.2. The van der Waals surface area contributed by atoms with E-state index in [1.54, 1.807) is 54.8 Å². The van der Waals surface area contributed by atoms with Crippen LogP contribution in [-0.2, 0) is 14.3 Å². The molecule has 12 heteroatoms. The van der Waals surface area contributed by atoms with Gasteiger partial charge in [-0.05, 0) is 49.4 Å². The molecule has 194 valence electrons. The summed E-state index contributed by atoms with van der Waals surface area (Å²) < 4.78 is 6.22. The highest BCUT2D eigenvalue weighted by molar-refractivity contribution is 7.16. The number of thiophene rings is 1. The highest BCUT2D eigenvalue weighted by atomic mass is 35.5. The summed E-state index contributed by atoms with van der Waals surface area (Å²) in [4.78, 5) is 53.7. The number of aromatic nitrogens is 2. The molecule has 1 aliphatic heterocycles. The second kappa shape index (κ2) is 10.6. The van der Waals surface area contributed by atoms with Crippen molar-refractivity contribution in [1.82, 2.24) is 9.78 Å². The quantitative estimate of drug-likeness (QED) is 0.329. The number of ether oxygens (including phenoxy) is 1. The Morgan fingerprint density at radius 3 is 2.58 bits per heavy atom. The first-order chi connectivity index (χ1) is 18.3. The minimum atomic E-state index is -0.705. The third-order valence-corrected chi connectivity index (χ3v) is 7.43. The summed E-state index contributed by atoms with van der Waals surface area (Å²) in [5, 5.41) is 10.2. The SMILES string of the molecule is CCOC(=O)c1nn(-c2cccc(Cl)c2)c(=O)c2c(NC(=O)C3CC(=O)N(c4ccc(Cl)cc4)C3)scc12. The van der Waals surface area contributed by atoms with Crippen molar-refractivity contribution in [2.75, 3.05) is 23.4 Å². The number of anilines is 2. The highest BCUT2D eigenvalue weighted by Gasteiger charge is 2.36. The minimum Gasteiger partial charge on any atom is -0.461 e. The topological polar surface area (TPSA) is 111 Å². The Morgan fingerprint density at radius 1 is 1.11 bits per heavy atom. The van der Waals surface area contributed by atoms with Crippen LogP contribution in [0.2, 0.25) is 10.0 Å². The zero-order valence-corrected chi connectivity index (χ0v) is 22.3. The molecule has 5 rings (SSSR count). The first kappa shape index (κ1) is 25.9. The van der Waals surface area contributed by atoms with Crippen LogP contribution in [0.1, 0.15) is 23.8 Å². The first-order valence-electron chi connectivity index (χ1n) is 11.6. The van der Waals surface area contributed by atoms with Crippen LogP contribution in [0.3, 0.4) is 0 Å². The Balaban J connectivity index is 1.50. The van der Waals surface area contributed by atoms with Crippen molar-refractivity contribution in [3.8, 4) is 5.69 Å². The predicted octanol–water partition coefficient (Wildman–Crippen LogP) is 4.92. The van der Waals surface area contributed by atoms with E-state index in [2.05, 4.69) is 10.4 Å². The third-order valence-electron chi connectivity index (χ3n) is 6.04. The molecular weight excluding hydrogens is 551 g/mol. The van der Waals surface area contributed by atoms with Crippen molar-refractivity contribution in [2.45, 2.75) is 13.3 Å². The zero-order chi connectivity index (χ0) is 27.0. The second-order valence-corrected chi connectivity index (χ2v) is 10.2. The molecule has 0 saturated carbocycles. The van der Waals surface area contributed by atoms with Crippen molar-refractivity contribution >= 4 is 73.8 Å². The van der Waals surface area contributed by atoms with Crippen LogP contribution in [0.15, 0.2) is 58.7 Å². The molecule has 1 aliphatic rings. The molecule has 0 spiro atoms. The van der Waals surface area contributed by atoms with Gasteiger partial charge in [-0.15, -0.1) is 11.3 Å². The van der Waals surface area contributed by atoms with E-state index in [0.29, 0.717) is 21.4 Å². The monoisotopic (exact) mass is 570 g/mol. The molecule has 1 N–H and O–H groups in total. The van der Waals surface area contributed by atoms with E-state index in [-0.39, 0.29) is 46.9 Å². The van der Waals surface area contributed by atoms with Crippen molar-refractivity contribution in [2.24, 2.45) is 5.92 Å². The molecule has 9 nitrogen and oxygen atoms in total. The number of hydrogen-bond donors (Lipinski definition) is 1. The number of benzene rings is 2. The number of amides is 2. The summed E-state index contributed by atoms with van der Waals surface area (Å²) in [6, 6.07) is 13.3. The number of halogens is 2. The van der Waals surface area contributed by atoms with Crippen LogP contribution >= 0.6 is 34.5 Å². The van der Waals surface area contributed by atoms with Crippen LogP contribution in [0.5, 0.6) is 0 Å². The van der Waals surface area contributed by atoms with Gasteiger partial charge in [-0.25, -0.2) is 4.79 Å². The van der Waals surface area contributed by atoms with Gasteiger partial charge >= 0.3 is 5.97 Å². The summed E-state index contributed by atoms with van der Waals surface area (Å²) in [5.74, 6) is -1.96. The Hall–Kier alpha value is -3.73. The molecule has 0 aliphatic carbocycles. The van der Waals surface area contributed by atoms with E-state index in [1.807, 2.05) is 0 Å². The van der Waals surface area contributed by atoms with Crippen LogP contribution in [-0.4, -0.2) is 40.7 Å². The lowest BCUT2D eigenvalue weighted by molar-refractivity contribution is -0.122. The fourth-order valence-corrected chi connectivity index (χ4v) is 5.49. The summed E-state index contributed by atoms with van der Waals surface area (Å²) in [5.41, 5.74) is 0.379. The van der Waals surface area contributed by atoms with Gasteiger partial charge in [0.25, 0.3) is 5.56 Å². The molecule has 0 radical (unpaired) electrons. The van der Waals surface area contributed by atoms with E-state index in [9.17, 15) is 19.2 Å². The predicted molar refractivity (Wildman–Crippen MR) is 147 cm³/mol. The van der Waals surface area contributed by atoms with Gasteiger partial charge in [0.15, 0.2) is 5.69 Å². The van der Waals surface area contributed by atoms with Gasteiger partial charge in [0.05, 0.1) is 23.6 Å². The Kier molecular flexibility index (Phi) is 7.20. The fourth-order valence-electron chi connectivity index (χ4n) is 4.24. The van der Waals surface area contributed by atoms with Gasteiger partial charge in [0.1, 0.15) is 5.00 Å². The molecule has 3 heterocycles. The molecule has 4 aromatic rings. The van der Waals surface area contributed by atoms with Crippen molar-refractivity contribution in [3.63, 3.8) is 0 Å². The van der Waals surface area contributed by atoms with E-state index in [4.69, 9.17) is 27.9 Å². The average Bonchev–Trinajstić information content (AvgIpc) is 3.49. The third kappa shape index (κ3) is 4.90. The number of rotatable bonds is 6. The normalized spacial score (nSPS) is 15.2. The number of carbonyl (C=O) groups is 3. The fraction of sp³-hybridized carbons (Fsp3) is 0.192. The molecule has 1 fully saturated rings. The van der Waals surface area contributed by atoms with Gasteiger partial charge in [-0.1, -0.05) is 29.3 Å². The van der Waals surface area contributed by atoms with E-state index in [0.717, 1.165) is 16.0 Å². The molecular formula is C26H20Cl2N4O5S. The largest absolute Gasteiger partial charge is 0.461 e. The summed E-state index contributed by atoms with van der Waals surface area (Å²) in [7, 11) is 0. The number of carbonyl (C=O) groups excluding carboxylic acids is 3. The van der Waals surface area contributed by atoms with Crippen molar-refractivity contribution in [1.29, 1.82) is 0 Å². The van der Waals surface area contributed by atoms with Crippen LogP contribution in [0.4, 0.5) is 10.7 Å². The summed E-state index contributed by atoms with van der Waals surface area (Å²) in [6.45, 7) is 1.96.